The van der Waals surface area contributed by atoms with Crippen molar-refractivity contribution in [3.05, 3.63) is 46.3 Å². The number of carbonyl (C=O) groups excluding carboxylic acids is 1. The summed E-state index contributed by atoms with van der Waals surface area (Å²) < 4.78 is 12.8. The van der Waals surface area contributed by atoms with Crippen LogP contribution in [0.4, 0.5) is 0 Å². The van der Waals surface area contributed by atoms with Crippen molar-refractivity contribution < 1.29 is 14.3 Å². The summed E-state index contributed by atoms with van der Waals surface area (Å²) in [6.45, 7) is 18.0. The van der Waals surface area contributed by atoms with E-state index in [1.165, 1.54) is 56.9 Å². The molecule has 0 fully saturated rings. The first-order chi connectivity index (χ1) is 20.9. The SMILES string of the molecule is Cc1c(C)c2c(c(C)c1OC(=O)c1ccc(SCCCCl)cn1)CCC(C)(CCCC(C)CCCC(C)CCCC(C)C)O2. The second-order valence-electron chi connectivity index (χ2n) is 14.1. The van der Waals surface area contributed by atoms with E-state index < -0.39 is 5.97 Å². The minimum Gasteiger partial charge on any atom is -0.487 e. The summed E-state index contributed by atoms with van der Waals surface area (Å²) in [4.78, 5) is 18.5. The van der Waals surface area contributed by atoms with Crippen molar-refractivity contribution in [3.63, 3.8) is 0 Å². The summed E-state index contributed by atoms with van der Waals surface area (Å²) in [5, 5.41) is 0. The summed E-state index contributed by atoms with van der Waals surface area (Å²) in [7, 11) is 0. The van der Waals surface area contributed by atoms with Crippen LogP contribution >= 0.6 is 23.4 Å². The zero-order chi connectivity index (χ0) is 32.3. The molecule has 0 saturated heterocycles. The van der Waals surface area contributed by atoms with Crippen LogP contribution in [0.5, 0.6) is 11.5 Å². The van der Waals surface area contributed by atoms with Crippen molar-refractivity contribution >= 4 is 29.3 Å². The second-order valence-corrected chi connectivity index (χ2v) is 15.6. The number of hydrogen-bond acceptors (Lipinski definition) is 5. The van der Waals surface area contributed by atoms with Gasteiger partial charge < -0.3 is 9.47 Å². The minimum absolute atomic E-state index is 0.160. The molecule has 0 amide bonds. The number of thioether (sulfide) groups is 1. The van der Waals surface area contributed by atoms with E-state index in [1.807, 2.05) is 13.0 Å². The molecule has 0 radical (unpaired) electrons. The molecule has 1 aliphatic rings. The van der Waals surface area contributed by atoms with E-state index in [0.717, 1.165) is 76.5 Å². The third-order valence-corrected chi connectivity index (χ3v) is 10.9. The molecular weight excluding hydrogens is 586 g/mol. The highest BCUT2D eigenvalue weighted by molar-refractivity contribution is 7.99. The van der Waals surface area contributed by atoms with Gasteiger partial charge in [-0.15, -0.1) is 23.4 Å². The minimum atomic E-state index is -0.427. The third-order valence-electron chi connectivity index (χ3n) is 9.53. The van der Waals surface area contributed by atoms with Gasteiger partial charge in [0.05, 0.1) is 0 Å². The van der Waals surface area contributed by atoms with Crippen molar-refractivity contribution in [3.8, 4) is 11.5 Å². The molecule has 3 atom stereocenters. The van der Waals surface area contributed by atoms with Crippen molar-refractivity contribution in [2.75, 3.05) is 11.6 Å². The van der Waals surface area contributed by atoms with Gasteiger partial charge in [0.1, 0.15) is 22.8 Å². The topological polar surface area (TPSA) is 48.4 Å². The Morgan fingerprint density at radius 2 is 1.61 bits per heavy atom. The fraction of sp³-hybridized carbons (Fsp3) is 0.684. The normalized spacial score (nSPS) is 17.7. The highest BCUT2D eigenvalue weighted by atomic mass is 35.5. The molecule has 0 aliphatic carbocycles. The van der Waals surface area contributed by atoms with Gasteiger partial charge in [-0.3, -0.25) is 0 Å². The Morgan fingerprint density at radius 3 is 2.23 bits per heavy atom. The van der Waals surface area contributed by atoms with E-state index in [9.17, 15) is 4.79 Å². The predicted octanol–water partition coefficient (Wildman–Crippen LogP) is 11.5. The van der Waals surface area contributed by atoms with Crippen molar-refractivity contribution in [1.82, 2.24) is 4.98 Å². The van der Waals surface area contributed by atoms with Gasteiger partial charge >= 0.3 is 5.97 Å². The number of rotatable bonds is 18. The van der Waals surface area contributed by atoms with Crippen LogP contribution in [0.2, 0.25) is 0 Å². The lowest BCUT2D eigenvalue weighted by Crippen LogP contribution is -2.37. The van der Waals surface area contributed by atoms with Gasteiger partial charge in [0, 0.05) is 22.5 Å². The Morgan fingerprint density at radius 1 is 0.955 bits per heavy atom. The molecular formula is C38H58ClNO3S. The van der Waals surface area contributed by atoms with Gasteiger partial charge in [-0.25, -0.2) is 9.78 Å². The maximum absolute atomic E-state index is 13.1. The van der Waals surface area contributed by atoms with E-state index >= 15 is 0 Å². The van der Waals surface area contributed by atoms with Crippen LogP contribution in [-0.2, 0) is 6.42 Å². The standard InChI is InChI=1S/C38H58ClNO3S/c1-26(2)13-9-14-27(3)15-10-16-28(4)17-11-21-38(8)22-20-33-31(7)35(29(5)30(6)36(33)43-38)42-37(41)34-19-18-32(25-40-34)44-24-12-23-39/h18-19,25-28H,9-17,20-24H2,1-8H3. The van der Waals surface area contributed by atoms with Crippen LogP contribution in [0.15, 0.2) is 23.2 Å². The molecule has 44 heavy (non-hydrogen) atoms. The first-order valence-electron chi connectivity index (χ1n) is 17.1. The molecule has 1 aromatic heterocycles. The van der Waals surface area contributed by atoms with Crippen molar-refractivity contribution in [2.45, 2.75) is 143 Å². The van der Waals surface area contributed by atoms with Crippen LogP contribution in [0.1, 0.15) is 138 Å². The largest absolute Gasteiger partial charge is 0.487 e. The van der Waals surface area contributed by atoms with Crippen LogP contribution in [0, 0.1) is 38.5 Å². The van der Waals surface area contributed by atoms with Crippen molar-refractivity contribution in [1.29, 1.82) is 0 Å². The Bertz CT molecular complexity index is 1200. The van der Waals surface area contributed by atoms with Crippen LogP contribution in [0.3, 0.4) is 0 Å². The molecule has 0 spiro atoms. The molecule has 6 heteroatoms. The fourth-order valence-electron chi connectivity index (χ4n) is 6.39. The van der Waals surface area contributed by atoms with Gasteiger partial charge in [-0.1, -0.05) is 72.6 Å². The highest BCUT2D eigenvalue weighted by Gasteiger charge is 2.35. The fourth-order valence-corrected chi connectivity index (χ4v) is 7.50. The Kier molecular flexibility index (Phi) is 14.9. The van der Waals surface area contributed by atoms with Gasteiger partial charge in [0.2, 0.25) is 0 Å². The molecule has 1 aromatic carbocycles. The molecule has 0 N–H and O–H groups in total. The summed E-state index contributed by atoms with van der Waals surface area (Å²) in [5.74, 6) is 5.23. The molecule has 2 heterocycles. The van der Waals surface area contributed by atoms with Gasteiger partial charge in [0.25, 0.3) is 0 Å². The lowest BCUT2D eigenvalue weighted by Gasteiger charge is -2.38. The summed E-state index contributed by atoms with van der Waals surface area (Å²) in [5.41, 5.74) is 4.35. The number of hydrogen-bond donors (Lipinski definition) is 0. The molecule has 2 aromatic rings. The number of fused-ring (bicyclic) bond motifs is 1. The number of halogens is 1. The Labute approximate surface area is 277 Å². The van der Waals surface area contributed by atoms with E-state index in [2.05, 4.69) is 53.5 Å². The number of ether oxygens (including phenoxy) is 2. The van der Waals surface area contributed by atoms with E-state index in [0.29, 0.717) is 17.3 Å². The number of benzene rings is 1. The molecule has 0 bridgehead atoms. The summed E-state index contributed by atoms with van der Waals surface area (Å²) in [6.07, 6.45) is 16.3. The number of alkyl halides is 1. The third kappa shape index (κ3) is 11.0. The molecule has 0 saturated carbocycles. The van der Waals surface area contributed by atoms with E-state index in [1.54, 1.807) is 24.0 Å². The Hall–Kier alpha value is -1.72. The van der Waals surface area contributed by atoms with Crippen LogP contribution in [0.25, 0.3) is 0 Å². The zero-order valence-corrected chi connectivity index (χ0v) is 30.4. The number of pyridine rings is 1. The molecule has 3 unspecified atom stereocenters. The molecule has 4 nitrogen and oxygen atoms in total. The first-order valence-corrected chi connectivity index (χ1v) is 18.6. The first kappa shape index (κ1) is 36.7. The lowest BCUT2D eigenvalue weighted by atomic mass is 9.83. The smallest absolute Gasteiger partial charge is 0.362 e. The summed E-state index contributed by atoms with van der Waals surface area (Å²) >= 11 is 7.47. The monoisotopic (exact) mass is 643 g/mol. The average Bonchev–Trinajstić information content (AvgIpc) is 2.98. The van der Waals surface area contributed by atoms with Gasteiger partial charge in [-0.2, -0.15) is 0 Å². The van der Waals surface area contributed by atoms with E-state index in [-0.39, 0.29) is 5.60 Å². The summed E-state index contributed by atoms with van der Waals surface area (Å²) in [6, 6.07) is 3.67. The van der Waals surface area contributed by atoms with Crippen LogP contribution in [-0.4, -0.2) is 28.2 Å². The zero-order valence-electron chi connectivity index (χ0n) is 28.8. The predicted molar refractivity (Wildman–Crippen MR) is 188 cm³/mol. The maximum atomic E-state index is 13.1. The number of esters is 1. The second kappa shape index (κ2) is 17.8. The average molecular weight is 644 g/mol. The van der Waals surface area contributed by atoms with E-state index in [4.69, 9.17) is 21.1 Å². The molecule has 246 valence electrons. The maximum Gasteiger partial charge on any atom is 0.362 e. The lowest BCUT2D eigenvalue weighted by molar-refractivity contribution is 0.0508. The van der Waals surface area contributed by atoms with Gasteiger partial charge in [0.15, 0.2) is 0 Å². The number of aromatic nitrogens is 1. The number of carbonyl (C=O) groups is 1. The van der Waals surface area contributed by atoms with Crippen LogP contribution < -0.4 is 9.47 Å². The van der Waals surface area contributed by atoms with Crippen molar-refractivity contribution in [2.24, 2.45) is 17.8 Å². The Balaban J connectivity index is 1.53. The molecule has 1 aliphatic heterocycles. The van der Waals surface area contributed by atoms with Gasteiger partial charge in [-0.05, 0) is 112 Å². The quantitative estimate of drug-likeness (QED) is 0.0531. The number of nitrogens with zero attached hydrogens (tertiary/aromatic N) is 1. The highest BCUT2D eigenvalue weighted by Crippen LogP contribution is 2.45. The molecule has 3 rings (SSSR count).